The maximum absolute atomic E-state index is 12.0. The van der Waals surface area contributed by atoms with Crippen molar-refractivity contribution in [2.45, 2.75) is 34.1 Å². The average Bonchev–Trinajstić information content (AvgIpc) is 2.35. The third kappa shape index (κ3) is 4.35. The number of amides is 1. The molecule has 0 aliphatic rings. The maximum atomic E-state index is 12.0. The number of aryl methyl sites for hydroxylation is 1. The number of aromatic nitrogens is 1. The number of carbonyl (C=O) groups is 1. The fraction of sp³-hybridized carbons (Fsp3) is 0.571. The Morgan fingerprint density at radius 3 is 2.61 bits per heavy atom. The van der Waals surface area contributed by atoms with Crippen LogP contribution in [0.15, 0.2) is 12.1 Å². The van der Waals surface area contributed by atoms with Gasteiger partial charge in [-0.05, 0) is 31.4 Å². The van der Waals surface area contributed by atoms with Crippen molar-refractivity contribution in [2.24, 2.45) is 5.92 Å². The highest BCUT2D eigenvalue weighted by atomic mass is 16.1. The smallest absolute Gasteiger partial charge is 0.251 e. The van der Waals surface area contributed by atoms with Crippen LogP contribution in [0.2, 0.25) is 0 Å². The Bertz CT molecular complexity index is 402. The van der Waals surface area contributed by atoms with E-state index >= 15 is 0 Å². The molecule has 4 nitrogen and oxygen atoms in total. The number of pyridine rings is 1. The zero-order valence-electron chi connectivity index (χ0n) is 11.7. The minimum absolute atomic E-state index is 0.0278. The van der Waals surface area contributed by atoms with Gasteiger partial charge in [0, 0.05) is 24.3 Å². The molecule has 0 fully saturated rings. The molecule has 1 aromatic rings. The van der Waals surface area contributed by atoms with Gasteiger partial charge in [0.25, 0.3) is 5.91 Å². The van der Waals surface area contributed by atoms with Gasteiger partial charge in [0.05, 0.1) is 0 Å². The first-order chi connectivity index (χ1) is 8.56. The van der Waals surface area contributed by atoms with Crippen LogP contribution in [0.3, 0.4) is 0 Å². The Morgan fingerprint density at radius 1 is 1.33 bits per heavy atom. The molecule has 0 radical (unpaired) electrons. The lowest BCUT2D eigenvalue weighted by Gasteiger charge is -2.10. The van der Waals surface area contributed by atoms with Gasteiger partial charge in [-0.1, -0.05) is 20.8 Å². The van der Waals surface area contributed by atoms with Gasteiger partial charge in [-0.3, -0.25) is 4.79 Å². The molecule has 18 heavy (non-hydrogen) atoms. The molecule has 0 aliphatic heterocycles. The minimum Gasteiger partial charge on any atom is -0.370 e. The summed E-state index contributed by atoms with van der Waals surface area (Å²) in [6.45, 7) is 9.70. The summed E-state index contributed by atoms with van der Waals surface area (Å²) in [7, 11) is 0. The van der Waals surface area contributed by atoms with E-state index in [1.807, 2.05) is 19.9 Å². The molecular weight excluding hydrogens is 226 g/mol. The molecule has 100 valence electrons. The van der Waals surface area contributed by atoms with Crippen LogP contribution in [-0.4, -0.2) is 24.0 Å². The molecule has 1 aromatic heterocycles. The van der Waals surface area contributed by atoms with Crippen LogP contribution in [-0.2, 0) is 6.42 Å². The summed E-state index contributed by atoms with van der Waals surface area (Å²) in [5.74, 6) is 1.20. The van der Waals surface area contributed by atoms with Crippen molar-refractivity contribution in [1.82, 2.24) is 10.3 Å². The van der Waals surface area contributed by atoms with E-state index in [-0.39, 0.29) is 5.91 Å². The fourth-order valence-electron chi connectivity index (χ4n) is 1.57. The second kappa shape index (κ2) is 6.99. The summed E-state index contributed by atoms with van der Waals surface area (Å²) in [6.07, 6.45) is 0.823. The van der Waals surface area contributed by atoms with Crippen molar-refractivity contribution in [2.75, 3.05) is 18.4 Å². The summed E-state index contributed by atoms with van der Waals surface area (Å²) < 4.78 is 0. The van der Waals surface area contributed by atoms with Gasteiger partial charge in [0.1, 0.15) is 5.82 Å². The molecule has 4 heteroatoms. The number of rotatable bonds is 6. The average molecular weight is 249 g/mol. The van der Waals surface area contributed by atoms with Gasteiger partial charge in [-0.25, -0.2) is 4.98 Å². The number of hydrogen-bond acceptors (Lipinski definition) is 3. The molecule has 0 aromatic carbocycles. The molecule has 2 N–H and O–H groups in total. The zero-order valence-corrected chi connectivity index (χ0v) is 11.7. The SMILES string of the molecule is CCNc1cc(C(=O)NCC(C)C)cc(CC)n1. The van der Waals surface area contributed by atoms with Crippen molar-refractivity contribution in [1.29, 1.82) is 0 Å². The van der Waals surface area contributed by atoms with Crippen molar-refractivity contribution < 1.29 is 4.79 Å². The van der Waals surface area contributed by atoms with Crippen LogP contribution in [0.5, 0.6) is 0 Å². The molecule has 0 aliphatic carbocycles. The van der Waals surface area contributed by atoms with Crippen molar-refractivity contribution in [3.8, 4) is 0 Å². The first-order valence-corrected chi connectivity index (χ1v) is 6.59. The Labute approximate surface area is 109 Å². The topological polar surface area (TPSA) is 54.0 Å². The predicted octanol–water partition coefficient (Wildman–Crippen LogP) is 2.46. The van der Waals surface area contributed by atoms with Crippen molar-refractivity contribution in [3.63, 3.8) is 0 Å². The molecule has 0 spiro atoms. The van der Waals surface area contributed by atoms with E-state index in [2.05, 4.69) is 29.5 Å². The summed E-state index contributed by atoms with van der Waals surface area (Å²) in [6, 6.07) is 3.66. The van der Waals surface area contributed by atoms with E-state index in [0.717, 1.165) is 24.5 Å². The predicted molar refractivity (Wildman–Crippen MR) is 74.9 cm³/mol. The van der Waals surface area contributed by atoms with Crippen LogP contribution < -0.4 is 10.6 Å². The van der Waals surface area contributed by atoms with Gasteiger partial charge in [0.2, 0.25) is 0 Å². The van der Waals surface area contributed by atoms with E-state index in [4.69, 9.17) is 0 Å². The van der Waals surface area contributed by atoms with Crippen LogP contribution in [0.4, 0.5) is 5.82 Å². The van der Waals surface area contributed by atoms with Crippen molar-refractivity contribution >= 4 is 11.7 Å². The lowest BCUT2D eigenvalue weighted by Crippen LogP contribution is -2.27. The Kier molecular flexibility index (Phi) is 5.62. The Balaban J connectivity index is 2.85. The third-order valence-electron chi connectivity index (χ3n) is 2.53. The van der Waals surface area contributed by atoms with E-state index < -0.39 is 0 Å². The second-order valence-electron chi connectivity index (χ2n) is 4.72. The summed E-state index contributed by atoms with van der Waals surface area (Å²) in [4.78, 5) is 16.4. The monoisotopic (exact) mass is 249 g/mol. The maximum Gasteiger partial charge on any atom is 0.251 e. The van der Waals surface area contributed by atoms with Gasteiger partial charge in [0.15, 0.2) is 0 Å². The van der Waals surface area contributed by atoms with E-state index in [9.17, 15) is 4.79 Å². The molecular formula is C14H23N3O. The second-order valence-corrected chi connectivity index (χ2v) is 4.72. The molecule has 1 rings (SSSR count). The highest BCUT2D eigenvalue weighted by Gasteiger charge is 2.09. The normalized spacial score (nSPS) is 10.5. The van der Waals surface area contributed by atoms with Crippen LogP contribution in [0.1, 0.15) is 43.7 Å². The Hall–Kier alpha value is -1.58. The molecule has 0 atom stereocenters. The van der Waals surface area contributed by atoms with Gasteiger partial charge in [-0.2, -0.15) is 0 Å². The van der Waals surface area contributed by atoms with E-state index in [0.29, 0.717) is 18.0 Å². The van der Waals surface area contributed by atoms with Gasteiger partial charge < -0.3 is 10.6 Å². The Morgan fingerprint density at radius 2 is 2.06 bits per heavy atom. The highest BCUT2D eigenvalue weighted by molar-refractivity contribution is 5.95. The lowest BCUT2D eigenvalue weighted by atomic mass is 10.1. The summed E-state index contributed by atoms with van der Waals surface area (Å²) in [5, 5.41) is 6.08. The molecule has 1 heterocycles. The molecule has 0 bridgehead atoms. The molecule has 1 amide bonds. The molecule has 0 saturated carbocycles. The van der Waals surface area contributed by atoms with Crippen molar-refractivity contribution in [3.05, 3.63) is 23.4 Å². The van der Waals surface area contributed by atoms with Gasteiger partial charge >= 0.3 is 0 Å². The minimum atomic E-state index is -0.0278. The van der Waals surface area contributed by atoms with Crippen LogP contribution >= 0.6 is 0 Å². The number of nitrogens with zero attached hydrogens (tertiary/aromatic N) is 1. The number of hydrogen-bond donors (Lipinski definition) is 2. The summed E-state index contributed by atoms with van der Waals surface area (Å²) >= 11 is 0. The van der Waals surface area contributed by atoms with Crippen LogP contribution in [0.25, 0.3) is 0 Å². The first kappa shape index (κ1) is 14.5. The number of anilines is 1. The van der Waals surface area contributed by atoms with E-state index in [1.54, 1.807) is 6.07 Å². The number of nitrogens with one attached hydrogen (secondary N) is 2. The molecule has 0 unspecified atom stereocenters. The first-order valence-electron chi connectivity index (χ1n) is 6.59. The zero-order chi connectivity index (χ0) is 13.5. The van der Waals surface area contributed by atoms with E-state index in [1.165, 1.54) is 0 Å². The largest absolute Gasteiger partial charge is 0.370 e. The fourth-order valence-corrected chi connectivity index (χ4v) is 1.57. The third-order valence-corrected chi connectivity index (χ3v) is 2.53. The lowest BCUT2D eigenvalue weighted by molar-refractivity contribution is 0.0949. The molecule has 0 saturated heterocycles. The van der Waals surface area contributed by atoms with Crippen LogP contribution in [0, 0.1) is 5.92 Å². The summed E-state index contributed by atoms with van der Waals surface area (Å²) in [5.41, 5.74) is 1.61. The number of carbonyl (C=O) groups excluding carboxylic acids is 1. The highest BCUT2D eigenvalue weighted by Crippen LogP contribution is 2.11. The standard InChI is InChI=1S/C14H23N3O/c1-5-12-7-11(8-13(17-12)15-6-2)14(18)16-9-10(3)4/h7-8,10H,5-6,9H2,1-4H3,(H,15,17)(H,16,18). The quantitative estimate of drug-likeness (QED) is 0.814. The van der Waals surface area contributed by atoms with Gasteiger partial charge in [-0.15, -0.1) is 0 Å².